The molecule has 2 saturated heterocycles. The molecule has 0 aromatic heterocycles. The van der Waals surface area contributed by atoms with Crippen molar-refractivity contribution in [1.82, 2.24) is 0 Å². The summed E-state index contributed by atoms with van der Waals surface area (Å²) in [6.45, 7) is 9.41. The van der Waals surface area contributed by atoms with Gasteiger partial charge < -0.3 is 18.9 Å². The predicted molar refractivity (Wildman–Crippen MR) is 104 cm³/mol. The number of rotatable bonds is 11. The van der Waals surface area contributed by atoms with E-state index in [2.05, 4.69) is 13.8 Å². The van der Waals surface area contributed by atoms with Gasteiger partial charge in [0.15, 0.2) is 0 Å². The molecule has 0 bridgehead atoms. The largest absolute Gasteiger partial charge is 0.465 e. The third kappa shape index (κ3) is 5.93. The lowest BCUT2D eigenvalue weighted by Gasteiger charge is -2.27. The summed E-state index contributed by atoms with van der Waals surface area (Å²) in [7, 11) is 0. The summed E-state index contributed by atoms with van der Waals surface area (Å²) in [6.07, 6.45) is 6.59. The van der Waals surface area contributed by atoms with Gasteiger partial charge in [-0.1, -0.05) is 33.6 Å². The third-order valence-electron chi connectivity index (χ3n) is 6.26. The second-order valence-corrected chi connectivity index (χ2v) is 9.80. The van der Waals surface area contributed by atoms with E-state index in [0.717, 1.165) is 51.6 Å². The number of hydrogen-bond acceptors (Lipinski definition) is 6. The normalized spacial score (nSPS) is 32.2. The van der Waals surface area contributed by atoms with Gasteiger partial charge in [0.1, 0.15) is 0 Å². The first kappa shape index (κ1) is 21.6. The molecule has 28 heavy (non-hydrogen) atoms. The van der Waals surface area contributed by atoms with Crippen molar-refractivity contribution in [2.45, 2.75) is 90.4 Å². The SMILES string of the molecule is CCCCC(CC1CO1)C(=O)OCC(C)(C)COC(=O)C1CCC2(C)OC2C1. The fourth-order valence-electron chi connectivity index (χ4n) is 3.97. The van der Waals surface area contributed by atoms with Crippen molar-refractivity contribution in [1.29, 1.82) is 0 Å². The molecular weight excluding hydrogens is 360 g/mol. The van der Waals surface area contributed by atoms with Crippen LogP contribution in [0.4, 0.5) is 0 Å². The lowest BCUT2D eigenvalue weighted by atomic mass is 9.83. The van der Waals surface area contributed by atoms with Gasteiger partial charge in [-0.05, 0) is 39.0 Å². The van der Waals surface area contributed by atoms with Gasteiger partial charge in [0.2, 0.25) is 0 Å². The number of unbranched alkanes of at least 4 members (excludes halogenated alkanes) is 1. The van der Waals surface area contributed by atoms with Gasteiger partial charge >= 0.3 is 11.9 Å². The van der Waals surface area contributed by atoms with Crippen LogP contribution in [0, 0.1) is 17.3 Å². The highest BCUT2D eigenvalue weighted by atomic mass is 16.6. The van der Waals surface area contributed by atoms with Crippen LogP contribution in [0.15, 0.2) is 0 Å². The molecule has 3 aliphatic rings. The smallest absolute Gasteiger partial charge is 0.309 e. The summed E-state index contributed by atoms with van der Waals surface area (Å²) in [6, 6.07) is 0. The molecule has 0 radical (unpaired) electrons. The number of fused-ring (bicyclic) bond motifs is 1. The summed E-state index contributed by atoms with van der Waals surface area (Å²) in [4.78, 5) is 24.9. The Hall–Kier alpha value is -1.14. The molecule has 5 unspecified atom stereocenters. The molecule has 2 heterocycles. The summed E-state index contributed by atoms with van der Waals surface area (Å²) >= 11 is 0. The molecule has 3 rings (SSSR count). The van der Waals surface area contributed by atoms with E-state index in [1.54, 1.807) is 0 Å². The number of esters is 2. The Morgan fingerprint density at radius 2 is 1.96 bits per heavy atom. The van der Waals surface area contributed by atoms with Crippen LogP contribution in [-0.2, 0) is 28.5 Å². The zero-order chi connectivity index (χ0) is 20.4. The van der Waals surface area contributed by atoms with Crippen molar-refractivity contribution in [2.75, 3.05) is 19.8 Å². The first-order chi connectivity index (χ1) is 13.2. The maximum atomic E-state index is 12.5. The second-order valence-electron chi connectivity index (χ2n) is 9.80. The zero-order valence-electron chi connectivity index (χ0n) is 17.8. The highest BCUT2D eigenvalue weighted by molar-refractivity contribution is 5.73. The number of epoxide rings is 2. The van der Waals surface area contributed by atoms with E-state index in [-0.39, 0.29) is 54.8 Å². The first-order valence-electron chi connectivity index (χ1n) is 10.8. The van der Waals surface area contributed by atoms with Crippen molar-refractivity contribution < 1.29 is 28.5 Å². The van der Waals surface area contributed by atoms with Gasteiger partial charge in [0, 0.05) is 5.41 Å². The van der Waals surface area contributed by atoms with Crippen LogP contribution in [0.25, 0.3) is 0 Å². The summed E-state index contributed by atoms with van der Waals surface area (Å²) in [5, 5.41) is 0. The van der Waals surface area contributed by atoms with Crippen LogP contribution >= 0.6 is 0 Å². The van der Waals surface area contributed by atoms with Gasteiger partial charge in [0.05, 0.1) is 49.5 Å². The topological polar surface area (TPSA) is 77.7 Å². The van der Waals surface area contributed by atoms with Crippen LogP contribution in [0.3, 0.4) is 0 Å². The first-order valence-corrected chi connectivity index (χ1v) is 10.8. The van der Waals surface area contributed by atoms with Gasteiger partial charge in [-0.25, -0.2) is 0 Å². The van der Waals surface area contributed by atoms with Crippen LogP contribution in [-0.4, -0.2) is 49.6 Å². The van der Waals surface area contributed by atoms with E-state index in [0.29, 0.717) is 0 Å². The van der Waals surface area contributed by atoms with Crippen molar-refractivity contribution in [3.8, 4) is 0 Å². The third-order valence-corrected chi connectivity index (χ3v) is 6.26. The minimum absolute atomic E-state index is 0.00404. The fourth-order valence-corrected chi connectivity index (χ4v) is 3.97. The molecule has 5 atom stereocenters. The Kier molecular flexibility index (Phi) is 6.70. The van der Waals surface area contributed by atoms with Crippen molar-refractivity contribution in [3.63, 3.8) is 0 Å². The molecule has 0 N–H and O–H groups in total. The van der Waals surface area contributed by atoms with Crippen molar-refractivity contribution in [3.05, 3.63) is 0 Å². The Morgan fingerprint density at radius 1 is 1.25 bits per heavy atom. The molecule has 0 spiro atoms. The monoisotopic (exact) mass is 396 g/mol. The van der Waals surface area contributed by atoms with Gasteiger partial charge in [-0.2, -0.15) is 0 Å². The average molecular weight is 397 g/mol. The Morgan fingerprint density at radius 3 is 2.61 bits per heavy atom. The molecule has 6 heteroatoms. The molecule has 1 saturated carbocycles. The van der Waals surface area contributed by atoms with Gasteiger partial charge in [0.25, 0.3) is 0 Å². The Balaban J connectivity index is 1.38. The highest BCUT2D eigenvalue weighted by Gasteiger charge is 2.56. The molecule has 2 aliphatic heterocycles. The second kappa shape index (κ2) is 8.70. The molecule has 0 aromatic carbocycles. The molecule has 0 aromatic rings. The van der Waals surface area contributed by atoms with Crippen LogP contribution in [0.5, 0.6) is 0 Å². The lowest BCUT2D eigenvalue weighted by Crippen LogP contribution is -2.33. The molecule has 160 valence electrons. The van der Waals surface area contributed by atoms with E-state index in [1.165, 1.54) is 0 Å². The highest BCUT2D eigenvalue weighted by Crippen LogP contribution is 2.49. The number of carbonyl (C=O) groups is 2. The quantitative estimate of drug-likeness (QED) is 0.392. The lowest BCUT2D eigenvalue weighted by molar-refractivity contribution is -0.158. The zero-order valence-corrected chi connectivity index (χ0v) is 17.8. The molecule has 6 nitrogen and oxygen atoms in total. The number of carbonyl (C=O) groups excluding carboxylic acids is 2. The van der Waals surface area contributed by atoms with Gasteiger partial charge in [-0.15, -0.1) is 0 Å². The summed E-state index contributed by atoms with van der Waals surface area (Å²) < 4.78 is 22.1. The molecule has 0 amide bonds. The minimum Gasteiger partial charge on any atom is -0.465 e. The van der Waals surface area contributed by atoms with Crippen LogP contribution < -0.4 is 0 Å². The fraction of sp³-hybridized carbons (Fsp3) is 0.909. The maximum absolute atomic E-state index is 12.5. The van der Waals surface area contributed by atoms with E-state index < -0.39 is 5.41 Å². The summed E-state index contributed by atoms with van der Waals surface area (Å²) in [5.74, 6) is -0.471. The number of hydrogen-bond donors (Lipinski definition) is 0. The average Bonchev–Trinajstić information content (AvgIpc) is 3.56. The standard InChI is InChI=1S/C22H36O6/c1-5-6-7-15(10-17-12-25-17)19(23)26-13-21(2,3)14-27-20(24)16-8-9-22(4)18(11-16)28-22/h15-18H,5-14H2,1-4H3. The Bertz CT molecular complexity index is 569. The van der Waals surface area contributed by atoms with E-state index in [1.807, 2.05) is 13.8 Å². The maximum Gasteiger partial charge on any atom is 0.309 e. The van der Waals surface area contributed by atoms with Crippen LogP contribution in [0.2, 0.25) is 0 Å². The molecule has 1 aliphatic carbocycles. The van der Waals surface area contributed by atoms with E-state index in [4.69, 9.17) is 18.9 Å². The summed E-state index contributed by atoms with van der Waals surface area (Å²) in [5.41, 5.74) is -0.403. The number of ether oxygens (including phenoxy) is 4. The van der Waals surface area contributed by atoms with E-state index >= 15 is 0 Å². The van der Waals surface area contributed by atoms with E-state index in [9.17, 15) is 9.59 Å². The predicted octanol–water partition coefficient (Wildman–Crippen LogP) is 3.65. The van der Waals surface area contributed by atoms with Crippen molar-refractivity contribution >= 4 is 11.9 Å². The Labute approximate surface area is 168 Å². The minimum atomic E-state index is -0.407. The van der Waals surface area contributed by atoms with Crippen molar-refractivity contribution in [2.24, 2.45) is 17.3 Å². The van der Waals surface area contributed by atoms with Crippen LogP contribution in [0.1, 0.15) is 72.6 Å². The molecule has 3 fully saturated rings. The molecular formula is C22H36O6. The van der Waals surface area contributed by atoms with Gasteiger partial charge in [-0.3, -0.25) is 9.59 Å².